The fourth-order valence-electron chi connectivity index (χ4n) is 3.76. The minimum atomic E-state index is -0.555. The molecule has 2 aliphatic heterocycles. The molecule has 1 N–H and O–H groups in total. The summed E-state index contributed by atoms with van der Waals surface area (Å²) in [4.78, 5) is 27.1. The molecule has 29 heavy (non-hydrogen) atoms. The fraction of sp³-hybridized carbons (Fsp3) is 0.636. The molecule has 160 valence electrons. The van der Waals surface area contributed by atoms with Gasteiger partial charge in [0.05, 0.1) is 17.7 Å². The smallest absolute Gasteiger partial charge is 0.407 e. The van der Waals surface area contributed by atoms with E-state index in [4.69, 9.17) is 14.2 Å². The number of hydrogen-bond acceptors (Lipinski definition) is 5. The van der Waals surface area contributed by atoms with Crippen LogP contribution in [0.25, 0.3) is 0 Å². The Labute approximate surface area is 172 Å². The van der Waals surface area contributed by atoms with Crippen molar-refractivity contribution in [2.24, 2.45) is 0 Å². The molecule has 7 nitrogen and oxygen atoms in total. The van der Waals surface area contributed by atoms with Gasteiger partial charge in [-0.25, -0.2) is 4.79 Å². The van der Waals surface area contributed by atoms with Crippen LogP contribution in [0.2, 0.25) is 0 Å². The quantitative estimate of drug-likeness (QED) is 0.814. The van der Waals surface area contributed by atoms with Crippen LogP contribution in [-0.4, -0.2) is 60.4 Å². The van der Waals surface area contributed by atoms with Crippen molar-refractivity contribution in [1.82, 2.24) is 10.2 Å². The average Bonchev–Trinajstić information content (AvgIpc) is 3.29. The van der Waals surface area contributed by atoms with Crippen LogP contribution >= 0.6 is 0 Å². The number of carbonyl (C=O) groups excluding carboxylic acids is 2. The summed E-state index contributed by atoms with van der Waals surface area (Å²) in [6, 6.07) is 7.02. The molecule has 2 fully saturated rings. The lowest BCUT2D eigenvalue weighted by atomic mass is 10.1. The molecule has 2 saturated heterocycles. The van der Waals surface area contributed by atoms with Gasteiger partial charge in [-0.05, 0) is 59.1 Å². The summed E-state index contributed by atoms with van der Waals surface area (Å²) in [5, 5.41) is 2.90. The molecule has 0 bridgehead atoms. The molecule has 0 aromatic heterocycles. The van der Waals surface area contributed by atoms with Crippen LogP contribution < -0.4 is 10.1 Å². The van der Waals surface area contributed by atoms with Crippen molar-refractivity contribution >= 4 is 12.0 Å². The van der Waals surface area contributed by atoms with E-state index in [9.17, 15) is 9.59 Å². The molecule has 3 rings (SSSR count). The highest BCUT2D eigenvalue weighted by Gasteiger charge is 2.36. The fourth-order valence-corrected chi connectivity index (χ4v) is 3.76. The van der Waals surface area contributed by atoms with Crippen molar-refractivity contribution in [3.8, 4) is 5.75 Å². The minimum Gasteiger partial charge on any atom is -0.490 e. The third-order valence-corrected chi connectivity index (χ3v) is 5.28. The van der Waals surface area contributed by atoms with Gasteiger partial charge in [0.25, 0.3) is 5.91 Å². The number of ether oxygens (including phenoxy) is 3. The normalized spacial score (nSPS) is 24.4. The summed E-state index contributed by atoms with van der Waals surface area (Å²) in [5.74, 6) is 0.484. The Kier molecular flexibility index (Phi) is 6.67. The number of hydrogen-bond donors (Lipinski definition) is 1. The zero-order valence-electron chi connectivity index (χ0n) is 17.8. The van der Waals surface area contributed by atoms with Crippen LogP contribution in [0.3, 0.4) is 0 Å². The first-order valence-corrected chi connectivity index (χ1v) is 10.4. The second kappa shape index (κ2) is 9.03. The van der Waals surface area contributed by atoms with Gasteiger partial charge >= 0.3 is 6.09 Å². The molecule has 1 aromatic rings. The Morgan fingerprint density at radius 1 is 1.24 bits per heavy atom. The van der Waals surface area contributed by atoms with Gasteiger partial charge in [-0.3, -0.25) is 4.79 Å². The lowest BCUT2D eigenvalue weighted by Crippen LogP contribution is -2.46. The average molecular weight is 405 g/mol. The summed E-state index contributed by atoms with van der Waals surface area (Å²) >= 11 is 0. The third kappa shape index (κ3) is 5.63. The van der Waals surface area contributed by atoms with Gasteiger partial charge < -0.3 is 24.4 Å². The first-order valence-electron chi connectivity index (χ1n) is 10.4. The first-order chi connectivity index (χ1) is 13.7. The van der Waals surface area contributed by atoms with Crippen LogP contribution in [-0.2, 0) is 9.47 Å². The van der Waals surface area contributed by atoms with Gasteiger partial charge in [0.1, 0.15) is 18.0 Å². The molecule has 0 aliphatic carbocycles. The number of rotatable bonds is 5. The number of likely N-dealkylation sites (tertiary alicyclic amines) is 1. The molecule has 7 heteroatoms. The Balaban J connectivity index is 1.62. The number of nitrogens with zero attached hydrogens (tertiary/aromatic N) is 1. The third-order valence-electron chi connectivity index (χ3n) is 5.28. The molecule has 2 heterocycles. The summed E-state index contributed by atoms with van der Waals surface area (Å²) < 4.78 is 16.9. The molecule has 0 spiro atoms. The van der Waals surface area contributed by atoms with E-state index in [1.54, 1.807) is 11.0 Å². The molecule has 2 amide bonds. The standard InChI is InChI=1S/C22H32N2O5/c1-15-18(23-21(26)29-22(2,3)4)11-12-24(15)20(25)17-9-5-6-10-19(17)28-14-16-8-7-13-27-16/h5-6,9-10,15-16,18H,7-8,11-14H2,1-4H3,(H,23,26)/t15-,16?,18-/m0/s1. The van der Waals surface area contributed by atoms with Crippen molar-refractivity contribution in [1.29, 1.82) is 0 Å². The van der Waals surface area contributed by atoms with Crippen LogP contribution in [0, 0.1) is 0 Å². The SMILES string of the molecule is C[C@H]1[C@@H](NC(=O)OC(C)(C)C)CCN1C(=O)c1ccccc1OCC1CCCO1. The largest absolute Gasteiger partial charge is 0.490 e. The number of benzene rings is 1. The Bertz CT molecular complexity index is 724. The molecule has 2 aliphatic rings. The maximum Gasteiger partial charge on any atom is 0.407 e. The summed E-state index contributed by atoms with van der Waals surface area (Å²) in [5.41, 5.74) is -0.0175. The van der Waals surface area contributed by atoms with Crippen molar-refractivity contribution in [2.45, 2.75) is 70.7 Å². The summed E-state index contributed by atoms with van der Waals surface area (Å²) in [6.07, 6.45) is 2.35. The number of amides is 2. The lowest BCUT2D eigenvalue weighted by Gasteiger charge is -2.27. The molecule has 3 atom stereocenters. The summed E-state index contributed by atoms with van der Waals surface area (Å²) in [6.45, 7) is 9.22. The highest BCUT2D eigenvalue weighted by Crippen LogP contribution is 2.26. The van der Waals surface area contributed by atoms with Crippen LogP contribution in [0.15, 0.2) is 24.3 Å². The monoisotopic (exact) mass is 404 g/mol. The van der Waals surface area contributed by atoms with E-state index < -0.39 is 11.7 Å². The zero-order chi connectivity index (χ0) is 21.0. The summed E-state index contributed by atoms with van der Waals surface area (Å²) in [7, 11) is 0. The number of carbonyl (C=O) groups is 2. The molecule has 1 aromatic carbocycles. The Morgan fingerprint density at radius 2 is 2.00 bits per heavy atom. The molecular weight excluding hydrogens is 372 g/mol. The predicted molar refractivity (Wildman–Crippen MR) is 109 cm³/mol. The molecule has 1 unspecified atom stereocenters. The van der Waals surface area contributed by atoms with Crippen molar-refractivity contribution < 1.29 is 23.8 Å². The van der Waals surface area contributed by atoms with Crippen LogP contribution in [0.1, 0.15) is 57.3 Å². The molecule has 0 radical (unpaired) electrons. The van der Waals surface area contributed by atoms with Gasteiger partial charge in [-0.15, -0.1) is 0 Å². The van der Waals surface area contributed by atoms with E-state index in [2.05, 4.69) is 5.32 Å². The van der Waals surface area contributed by atoms with Gasteiger partial charge in [0, 0.05) is 19.2 Å². The molecular formula is C22H32N2O5. The highest BCUT2D eigenvalue weighted by atomic mass is 16.6. The van der Waals surface area contributed by atoms with Crippen LogP contribution in [0.5, 0.6) is 5.75 Å². The van der Waals surface area contributed by atoms with Gasteiger partial charge in [-0.2, -0.15) is 0 Å². The first kappa shape index (κ1) is 21.4. The Hall–Kier alpha value is -2.28. The highest BCUT2D eigenvalue weighted by molar-refractivity contribution is 5.97. The van der Waals surface area contributed by atoms with Crippen molar-refractivity contribution in [3.63, 3.8) is 0 Å². The van der Waals surface area contributed by atoms with Crippen molar-refractivity contribution in [3.05, 3.63) is 29.8 Å². The second-order valence-corrected chi connectivity index (χ2v) is 8.72. The van der Waals surface area contributed by atoms with Gasteiger partial charge in [0.2, 0.25) is 0 Å². The predicted octanol–water partition coefficient (Wildman–Crippen LogP) is 3.37. The maximum atomic E-state index is 13.2. The van der Waals surface area contributed by atoms with Gasteiger partial charge in [0.15, 0.2) is 0 Å². The van der Waals surface area contributed by atoms with E-state index in [1.807, 2.05) is 45.9 Å². The lowest BCUT2D eigenvalue weighted by molar-refractivity contribution is 0.0485. The maximum absolute atomic E-state index is 13.2. The van der Waals surface area contributed by atoms with Crippen LogP contribution in [0.4, 0.5) is 4.79 Å². The van der Waals surface area contributed by atoms with E-state index in [-0.39, 0.29) is 24.1 Å². The number of para-hydroxylation sites is 1. The minimum absolute atomic E-state index is 0.0890. The zero-order valence-corrected chi connectivity index (χ0v) is 17.8. The number of alkyl carbamates (subject to hydrolysis) is 1. The van der Waals surface area contributed by atoms with Crippen molar-refractivity contribution in [2.75, 3.05) is 19.8 Å². The number of nitrogens with one attached hydrogen (secondary N) is 1. The van der Waals surface area contributed by atoms with E-state index in [0.29, 0.717) is 30.9 Å². The van der Waals surface area contributed by atoms with E-state index in [1.165, 1.54) is 0 Å². The second-order valence-electron chi connectivity index (χ2n) is 8.72. The molecule has 0 saturated carbocycles. The Morgan fingerprint density at radius 3 is 2.69 bits per heavy atom. The van der Waals surface area contributed by atoms with E-state index in [0.717, 1.165) is 19.4 Å². The topological polar surface area (TPSA) is 77.1 Å². The van der Waals surface area contributed by atoms with Gasteiger partial charge in [-0.1, -0.05) is 12.1 Å². The van der Waals surface area contributed by atoms with E-state index >= 15 is 0 Å².